The first-order chi connectivity index (χ1) is 8.74. The molecule has 0 bridgehead atoms. The van der Waals surface area contributed by atoms with E-state index in [4.69, 9.17) is 4.74 Å². The first-order valence-corrected chi connectivity index (χ1v) is 8.52. The lowest BCUT2D eigenvalue weighted by Gasteiger charge is -2.26. The van der Waals surface area contributed by atoms with Crippen LogP contribution in [-0.4, -0.2) is 32.5 Å². The van der Waals surface area contributed by atoms with Crippen molar-refractivity contribution in [3.63, 3.8) is 0 Å². The molecule has 1 saturated carbocycles. The Morgan fingerprint density at radius 1 is 1.17 bits per heavy atom. The molecule has 1 unspecified atom stereocenters. The third kappa shape index (κ3) is 11.4. The molecule has 1 fully saturated rings. The minimum atomic E-state index is 0.581. The van der Waals surface area contributed by atoms with Crippen LogP contribution in [0.2, 0.25) is 0 Å². The molecule has 3 heteroatoms. The fourth-order valence-electron chi connectivity index (χ4n) is 2.08. The van der Waals surface area contributed by atoms with Crippen molar-refractivity contribution in [2.75, 3.05) is 26.4 Å². The SMILES string of the molecule is CC1CCC(OCCCP)CC1.CCCCNC. The molecule has 0 radical (unpaired) electrons. The third-order valence-electron chi connectivity index (χ3n) is 3.45. The van der Waals surface area contributed by atoms with Gasteiger partial charge in [0, 0.05) is 6.61 Å². The van der Waals surface area contributed by atoms with Crippen molar-refractivity contribution in [3.05, 3.63) is 0 Å². The Kier molecular flexibility index (Phi) is 14.0. The minimum Gasteiger partial charge on any atom is -0.378 e. The van der Waals surface area contributed by atoms with Crippen molar-refractivity contribution >= 4 is 9.24 Å². The van der Waals surface area contributed by atoms with E-state index >= 15 is 0 Å². The average molecular weight is 275 g/mol. The van der Waals surface area contributed by atoms with E-state index < -0.39 is 0 Å². The van der Waals surface area contributed by atoms with Crippen LogP contribution in [0.5, 0.6) is 0 Å². The van der Waals surface area contributed by atoms with Crippen molar-refractivity contribution < 1.29 is 4.74 Å². The van der Waals surface area contributed by atoms with Crippen molar-refractivity contribution in [1.29, 1.82) is 0 Å². The summed E-state index contributed by atoms with van der Waals surface area (Å²) in [6, 6.07) is 0. The van der Waals surface area contributed by atoms with Crippen LogP contribution in [0.25, 0.3) is 0 Å². The zero-order valence-electron chi connectivity index (χ0n) is 12.7. The molecule has 0 amide bonds. The third-order valence-corrected chi connectivity index (χ3v) is 3.85. The van der Waals surface area contributed by atoms with E-state index in [1.807, 2.05) is 7.05 Å². The number of unbranched alkanes of at least 4 members (excludes halogenated alkanes) is 1. The number of rotatable bonds is 7. The van der Waals surface area contributed by atoms with Crippen LogP contribution in [0.15, 0.2) is 0 Å². The second-order valence-electron chi connectivity index (χ2n) is 5.35. The van der Waals surface area contributed by atoms with Gasteiger partial charge in [-0.2, -0.15) is 0 Å². The summed E-state index contributed by atoms with van der Waals surface area (Å²) >= 11 is 0. The van der Waals surface area contributed by atoms with Crippen molar-refractivity contribution in [3.8, 4) is 0 Å². The Labute approximate surface area is 117 Å². The second kappa shape index (κ2) is 13.8. The lowest BCUT2D eigenvalue weighted by molar-refractivity contribution is 0.0206. The van der Waals surface area contributed by atoms with Crippen LogP contribution in [0.4, 0.5) is 0 Å². The van der Waals surface area contributed by atoms with E-state index in [1.165, 1.54) is 51.1 Å². The first kappa shape index (κ1) is 18.4. The predicted octanol–water partition coefficient (Wildman–Crippen LogP) is 3.85. The summed E-state index contributed by atoms with van der Waals surface area (Å²) in [7, 11) is 4.72. The van der Waals surface area contributed by atoms with E-state index in [0.717, 1.165) is 19.1 Å². The summed E-state index contributed by atoms with van der Waals surface area (Å²) in [5.41, 5.74) is 0. The molecule has 0 aliphatic heterocycles. The molecule has 1 aliphatic carbocycles. The van der Waals surface area contributed by atoms with Crippen LogP contribution in [0.3, 0.4) is 0 Å². The Hall–Kier alpha value is 0.350. The normalized spacial score (nSPS) is 23.3. The van der Waals surface area contributed by atoms with Gasteiger partial charge in [0.15, 0.2) is 0 Å². The highest BCUT2D eigenvalue weighted by molar-refractivity contribution is 7.16. The predicted molar refractivity (Wildman–Crippen MR) is 85.4 cm³/mol. The molecule has 1 rings (SSSR count). The van der Waals surface area contributed by atoms with Gasteiger partial charge in [-0.3, -0.25) is 0 Å². The van der Waals surface area contributed by atoms with E-state index in [1.54, 1.807) is 0 Å². The van der Waals surface area contributed by atoms with Crippen LogP contribution in [-0.2, 0) is 4.74 Å². The summed E-state index contributed by atoms with van der Waals surface area (Å²) in [4.78, 5) is 0. The smallest absolute Gasteiger partial charge is 0.0575 e. The van der Waals surface area contributed by atoms with Crippen LogP contribution < -0.4 is 5.32 Å². The lowest BCUT2D eigenvalue weighted by Crippen LogP contribution is -2.20. The molecule has 0 spiro atoms. The van der Waals surface area contributed by atoms with Gasteiger partial charge in [0.25, 0.3) is 0 Å². The lowest BCUT2D eigenvalue weighted by atomic mass is 9.89. The maximum absolute atomic E-state index is 5.76. The molecule has 110 valence electrons. The van der Waals surface area contributed by atoms with Gasteiger partial charge in [-0.05, 0) is 64.2 Å². The molecule has 1 aliphatic rings. The van der Waals surface area contributed by atoms with E-state index in [0.29, 0.717) is 6.10 Å². The molecule has 2 nitrogen and oxygen atoms in total. The van der Waals surface area contributed by atoms with Gasteiger partial charge in [0.05, 0.1) is 6.10 Å². The Bertz CT molecular complexity index is 155. The maximum atomic E-state index is 5.76. The molecule has 0 aromatic rings. The molecule has 0 saturated heterocycles. The Balaban J connectivity index is 0.000000411. The van der Waals surface area contributed by atoms with Gasteiger partial charge < -0.3 is 10.1 Å². The fraction of sp³-hybridized carbons (Fsp3) is 1.00. The fourth-order valence-corrected chi connectivity index (χ4v) is 2.25. The highest BCUT2D eigenvalue weighted by Crippen LogP contribution is 2.25. The molecule has 0 aromatic heterocycles. The molecule has 1 atom stereocenters. The molecule has 18 heavy (non-hydrogen) atoms. The second-order valence-corrected chi connectivity index (χ2v) is 5.93. The summed E-state index contributed by atoms with van der Waals surface area (Å²) in [6.45, 7) is 6.66. The van der Waals surface area contributed by atoms with Crippen LogP contribution in [0, 0.1) is 5.92 Å². The summed E-state index contributed by atoms with van der Waals surface area (Å²) < 4.78 is 5.76. The van der Waals surface area contributed by atoms with Gasteiger partial charge in [-0.1, -0.05) is 20.3 Å². The topological polar surface area (TPSA) is 21.3 Å². The molecular weight excluding hydrogens is 241 g/mol. The van der Waals surface area contributed by atoms with Gasteiger partial charge in [-0.15, -0.1) is 9.24 Å². The van der Waals surface area contributed by atoms with Crippen molar-refractivity contribution in [2.24, 2.45) is 5.92 Å². The highest BCUT2D eigenvalue weighted by Gasteiger charge is 2.17. The first-order valence-electron chi connectivity index (χ1n) is 7.70. The van der Waals surface area contributed by atoms with Gasteiger partial charge in [0.1, 0.15) is 0 Å². The number of hydrogen-bond acceptors (Lipinski definition) is 2. The molecule has 0 aromatic carbocycles. The van der Waals surface area contributed by atoms with E-state index in [9.17, 15) is 0 Å². The zero-order chi connectivity index (χ0) is 13.6. The highest BCUT2D eigenvalue weighted by atomic mass is 31.0. The van der Waals surface area contributed by atoms with Gasteiger partial charge in [-0.25, -0.2) is 0 Å². The number of nitrogens with one attached hydrogen (secondary N) is 1. The Morgan fingerprint density at radius 2 is 1.83 bits per heavy atom. The molecular formula is C15H34NOP. The number of ether oxygens (including phenoxy) is 1. The minimum absolute atomic E-state index is 0.581. The quantitative estimate of drug-likeness (QED) is 0.563. The van der Waals surface area contributed by atoms with Gasteiger partial charge >= 0.3 is 0 Å². The van der Waals surface area contributed by atoms with Crippen molar-refractivity contribution in [2.45, 2.75) is 64.9 Å². The van der Waals surface area contributed by atoms with Crippen LogP contribution in [0.1, 0.15) is 58.8 Å². The van der Waals surface area contributed by atoms with Crippen LogP contribution >= 0.6 is 9.24 Å². The van der Waals surface area contributed by atoms with E-state index in [2.05, 4.69) is 28.4 Å². The summed E-state index contributed by atoms with van der Waals surface area (Å²) in [5, 5.41) is 3.07. The molecule has 0 heterocycles. The molecule has 1 N–H and O–H groups in total. The standard InChI is InChI=1S/C10H21OP.C5H13N/c1-9-3-5-10(6-4-9)11-7-2-8-12;1-3-4-5-6-2/h9-10H,2-8,12H2,1H3;6H,3-5H2,1-2H3. The number of hydrogen-bond donors (Lipinski definition) is 1. The summed E-state index contributed by atoms with van der Waals surface area (Å²) in [6.07, 6.45) is 10.8. The van der Waals surface area contributed by atoms with Crippen molar-refractivity contribution in [1.82, 2.24) is 5.32 Å². The average Bonchev–Trinajstić information content (AvgIpc) is 2.40. The Morgan fingerprint density at radius 3 is 2.28 bits per heavy atom. The maximum Gasteiger partial charge on any atom is 0.0575 e. The largest absolute Gasteiger partial charge is 0.378 e. The zero-order valence-corrected chi connectivity index (χ0v) is 13.9. The van der Waals surface area contributed by atoms with Gasteiger partial charge in [0.2, 0.25) is 0 Å². The monoisotopic (exact) mass is 275 g/mol. The summed E-state index contributed by atoms with van der Waals surface area (Å²) in [5.74, 6) is 0.937. The van der Waals surface area contributed by atoms with E-state index in [-0.39, 0.29) is 0 Å².